The normalized spacial score (nSPS) is 21.2. The van der Waals surface area contributed by atoms with Crippen LogP contribution in [0.2, 0.25) is 0 Å². The van der Waals surface area contributed by atoms with Gasteiger partial charge in [-0.2, -0.15) is 5.10 Å². The van der Waals surface area contributed by atoms with Crippen LogP contribution in [0.25, 0.3) is 0 Å². The Balaban J connectivity index is 1.98. The minimum atomic E-state index is -1.09. The number of allylic oxidation sites excluding steroid dienone is 3. The van der Waals surface area contributed by atoms with E-state index in [1.165, 1.54) is 7.11 Å². The lowest BCUT2D eigenvalue weighted by Gasteiger charge is -2.38. The summed E-state index contributed by atoms with van der Waals surface area (Å²) in [5, 5.41) is 6.50. The third kappa shape index (κ3) is 6.01. The summed E-state index contributed by atoms with van der Waals surface area (Å²) in [7, 11) is 1.54. The maximum Gasteiger partial charge on any atom is 0.243 e. The molecule has 2 rings (SSSR count). The molecule has 2 aliphatic rings. The molecule has 1 fully saturated rings. The number of piperazine rings is 1. The Morgan fingerprint density at radius 2 is 2.11 bits per heavy atom. The summed E-state index contributed by atoms with van der Waals surface area (Å²) in [6.07, 6.45) is 2.97. The molecule has 1 amide bonds. The Hall–Kier alpha value is -1.47. The minimum Gasteiger partial charge on any atom is -0.495 e. The fraction of sp³-hybridized carbons (Fsp3) is 0.684. The first-order valence-electron chi connectivity index (χ1n) is 9.53. The largest absolute Gasteiger partial charge is 0.495 e. The van der Waals surface area contributed by atoms with Crippen LogP contribution in [0.4, 0.5) is 4.39 Å². The fourth-order valence-electron chi connectivity index (χ4n) is 3.23. The van der Waals surface area contributed by atoms with Crippen molar-refractivity contribution in [3.05, 3.63) is 22.6 Å². The van der Waals surface area contributed by atoms with Gasteiger partial charge in [-0.25, -0.2) is 4.39 Å². The molecule has 0 N–H and O–H groups in total. The molecular weight excluding hydrogens is 406 g/mol. The number of methoxy groups -OCH3 is 1. The number of carbonyl (C=O) groups is 1. The summed E-state index contributed by atoms with van der Waals surface area (Å²) in [5.41, 5.74) is 0.579. The number of ether oxygens (including phenoxy) is 1. The number of hydrogen-bond acceptors (Lipinski definition) is 5. The second-order valence-electron chi connectivity index (χ2n) is 7.06. The standard InChI is InChI=1S/C19H29Cl2FN4O2/c1-14(2)26(23-7-6-20)13-19(27)25-10-8-24(9-11-25)17-12-18(28-3)15(21)4-5-16(17)22/h7,12,14,16H,4-6,8-11,13H2,1-3H3/b23-7-. The molecule has 0 aromatic rings. The summed E-state index contributed by atoms with van der Waals surface area (Å²) in [6, 6.07) is 0.0946. The summed E-state index contributed by atoms with van der Waals surface area (Å²) < 4.78 is 19.9. The van der Waals surface area contributed by atoms with E-state index >= 15 is 0 Å². The lowest BCUT2D eigenvalue weighted by molar-refractivity contribution is -0.134. The highest BCUT2D eigenvalue weighted by atomic mass is 35.5. The molecule has 0 radical (unpaired) electrons. The van der Waals surface area contributed by atoms with Crippen molar-refractivity contribution in [3.8, 4) is 0 Å². The van der Waals surface area contributed by atoms with E-state index in [0.29, 0.717) is 61.4 Å². The van der Waals surface area contributed by atoms with Crippen LogP contribution < -0.4 is 0 Å². The molecule has 158 valence electrons. The maximum atomic E-state index is 14.6. The van der Waals surface area contributed by atoms with Gasteiger partial charge >= 0.3 is 0 Å². The van der Waals surface area contributed by atoms with Crippen LogP contribution in [0, 0.1) is 0 Å². The van der Waals surface area contributed by atoms with E-state index in [-0.39, 0.29) is 18.5 Å². The van der Waals surface area contributed by atoms with E-state index < -0.39 is 6.17 Å². The number of hydrogen-bond donors (Lipinski definition) is 0. The first-order valence-corrected chi connectivity index (χ1v) is 10.4. The van der Waals surface area contributed by atoms with Gasteiger partial charge in [-0.15, -0.1) is 11.6 Å². The Kier molecular flexibility index (Phi) is 8.89. The van der Waals surface area contributed by atoms with Crippen molar-refractivity contribution < 1.29 is 13.9 Å². The number of amides is 1. The molecule has 0 bridgehead atoms. The van der Waals surface area contributed by atoms with Crippen molar-refractivity contribution >= 4 is 35.3 Å². The SMILES string of the molecule is COC1=C(Cl)CCC(F)C(N2CCN(C(=O)CN(/N=C\CCl)C(C)C)CC2)=C1. The van der Waals surface area contributed by atoms with E-state index in [0.717, 1.165) is 0 Å². The van der Waals surface area contributed by atoms with Gasteiger partial charge in [-0.3, -0.25) is 9.80 Å². The third-order valence-corrected chi connectivity index (χ3v) is 5.41. The third-order valence-electron chi connectivity index (χ3n) is 4.89. The molecule has 28 heavy (non-hydrogen) atoms. The Morgan fingerprint density at radius 1 is 1.43 bits per heavy atom. The zero-order valence-electron chi connectivity index (χ0n) is 16.7. The molecular formula is C19H29Cl2FN4O2. The molecule has 1 aliphatic carbocycles. The molecule has 1 atom stereocenters. The van der Waals surface area contributed by atoms with Crippen molar-refractivity contribution in [1.29, 1.82) is 0 Å². The number of rotatable bonds is 7. The number of alkyl halides is 2. The second-order valence-corrected chi connectivity index (χ2v) is 7.83. The van der Waals surface area contributed by atoms with Crippen LogP contribution in [0.1, 0.15) is 26.7 Å². The smallest absolute Gasteiger partial charge is 0.243 e. The average Bonchev–Trinajstić information content (AvgIpc) is 2.83. The summed E-state index contributed by atoms with van der Waals surface area (Å²) >= 11 is 11.8. The van der Waals surface area contributed by atoms with Crippen LogP contribution in [-0.4, -0.2) is 84.9 Å². The molecule has 6 nitrogen and oxygen atoms in total. The van der Waals surface area contributed by atoms with Gasteiger partial charge in [0, 0.05) is 44.5 Å². The first kappa shape index (κ1) is 22.8. The van der Waals surface area contributed by atoms with Crippen molar-refractivity contribution in [3.63, 3.8) is 0 Å². The van der Waals surface area contributed by atoms with Crippen molar-refractivity contribution in [2.45, 2.75) is 38.9 Å². The van der Waals surface area contributed by atoms with Gasteiger partial charge in [0.1, 0.15) is 18.5 Å². The van der Waals surface area contributed by atoms with Crippen LogP contribution in [0.3, 0.4) is 0 Å². The van der Waals surface area contributed by atoms with Crippen molar-refractivity contribution in [1.82, 2.24) is 14.8 Å². The zero-order chi connectivity index (χ0) is 20.7. The summed E-state index contributed by atoms with van der Waals surface area (Å²) in [5.74, 6) is 0.824. The molecule has 1 heterocycles. The van der Waals surface area contributed by atoms with Gasteiger partial charge in [-0.1, -0.05) is 11.6 Å². The highest BCUT2D eigenvalue weighted by Crippen LogP contribution is 2.30. The lowest BCUT2D eigenvalue weighted by Crippen LogP contribution is -2.51. The van der Waals surface area contributed by atoms with E-state index in [9.17, 15) is 9.18 Å². The highest BCUT2D eigenvalue weighted by molar-refractivity contribution is 6.30. The second kappa shape index (κ2) is 10.9. The maximum absolute atomic E-state index is 14.6. The predicted octanol–water partition coefficient (Wildman–Crippen LogP) is 3.18. The van der Waals surface area contributed by atoms with E-state index in [4.69, 9.17) is 27.9 Å². The summed E-state index contributed by atoms with van der Waals surface area (Å²) in [6.45, 7) is 6.36. The van der Waals surface area contributed by atoms with Gasteiger partial charge in [-0.05, 0) is 26.7 Å². The lowest BCUT2D eigenvalue weighted by atomic mass is 10.1. The monoisotopic (exact) mass is 434 g/mol. The molecule has 9 heteroatoms. The molecule has 1 saturated heterocycles. The first-order chi connectivity index (χ1) is 13.4. The fourth-order valence-corrected chi connectivity index (χ4v) is 3.53. The van der Waals surface area contributed by atoms with Crippen LogP contribution >= 0.6 is 23.2 Å². The molecule has 0 spiro atoms. The van der Waals surface area contributed by atoms with E-state index in [1.54, 1.807) is 22.2 Å². The summed E-state index contributed by atoms with van der Waals surface area (Å²) in [4.78, 5) is 16.4. The number of halogens is 3. The van der Waals surface area contributed by atoms with Crippen LogP contribution in [0.5, 0.6) is 0 Å². The van der Waals surface area contributed by atoms with Crippen molar-refractivity contribution in [2.24, 2.45) is 5.10 Å². The minimum absolute atomic E-state index is 0.00670. The number of nitrogens with zero attached hydrogens (tertiary/aromatic N) is 4. The van der Waals surface area contributed by atoms with Gasteiger partial charge in [0.15, 0.2) is 0 Å². The number of carbonyl (C=O) groups excluding carboxylic acids is 1. The molecule has 1 unspecified atom stereocenters. The van der Waals surface area contributed by atoms with Crippen LogP contribution in [0.15, 0.2) is 27.7 Å². The molecule has 0 aromatic heterocycles. The highest BCUT2D eigenvalue weighted by Gasteiger charge is 2.29. The zero-order valence-corrected chi connectivity index (χ0v) is 18.2. The van der Waals surface area contributed by atoms with Gasteiger partial charge in [0.05, 0.1) is 23.7 Å². The topological polar surface area (TPSA) is 48.4 Å². The quantitative estimate of drug-likeness (QED) is 0.350. The van der Waals surface area contributed by atoms with E-state index in [1.807, 2.05) is 18.7 Å². The Labute approximate surface area is 176 Å². The van der Waals surface area contributed by atoms with Crippen molar-refractivity contribution in [2.75, 3.05) is 45.7 Å². The van der Waals surface area contributed by atoms with Crippen LogP contribution in [-0.2, 0) is 9.53 Å². The van der Waals surface area contributed by atoms with Gasteiger partial charge in [0.2, 0.25) is 5.91 Å². The molecule has 0 saturated carbocycles. The Morgan fingerprint density at radius 3 is 2.68 bits per heavy atom. The van der Waals surface area contributed by atoms with Gasteiger partial charge in [0.25, 0.3) is 0 Å². The predicted molar refractivity (Wildman–Crippen MR) is 111 cm³/mol. The Bertz CT molecular complexity index is 631. The molecule has 0 aromatic carbocycles. The number of hydrazone groups is 1. The van der Waals surface area contributed by atoms with E-state index in [2.05, 4.69) is 5.10 Å². The average molecular weight is 435 g/mol. The molecule has 1 aliphatic heterocycles. The van der Waals surface area contributed by atoms with Gasteiger partial charge < -0.3 is 14.5 Å².